The number of rotatable bonds is 7. The number of hydrogen-bond acceptors (Lipinski definition) is 4. The molecule has 1 amide bonds. The van der Waals surface area contributed by atoms with Crippen LogP contribution in [0.5, 0.6) is 0 Å². The normalized spacial score (nSPS) is 10.4. The Kier molecular flexibility index (Phi) is 5.80. The molecular formula is C20H21N3OS. The molecule has 0 fully saturated rings. The minimum absolute atomic E-state index is 0.0677. The van der Waals surface area contributed by atoms with Gasteiger partial charge in [0.15, 0.2) is 0 Å². The maximum absolute atomic E-state index is 12.5. The molecule has 5 heteroatoms. The van der Waals surface area contributed by atoms with Crippen molar-refractivity contribution in [3.05, 3.63) is 81.8 Å². The maximum Gasteiger partial charge on any atom is 0.253 e. The summed E-state index contributed by atoms with van der Waals surface area (Å²) in [5.41, 5.74) is 3.76. The fraction of sp³-hybridized carbons (Fsp3) is 0.200. The van der Waals surface area contributed by atoms with Gasteiger partial charge in [-0.2, -0.15) is 0 Å². The zero-order valence-corrected chi connectivity index (χ0v) is 15.0. The molecule has 2 N–H and O–H groups in total. The third kappa shape index (κ3) is 4.67. The highest BCUT2D eigenvalue weighted by Crippen LogP contribution is 2.20. The Morgan fingerprint density at radius 2 is 1.96 bits per heavy atom. The molecule has 0 saturated heterocycles. The Bertz CT molecular complexity index is 830. The summed E-state index contributed by atoms with van der Waals surface area (Å²) in [7, 11) is 0. The second-order valence-corrected chi connectivity index (χ2v) is 6.75. The number of aromatic nitrogens is 1. The van der Waals surface area contributed by atoms with E-state index in [-0.39, 0.29) is 5.91 Å². The number of thiophene rings is 1. The van der Waals surface area contributed by atoms with E-state index in [9.17, 15) is 4.79 Å². The van der Waals surface area contributed by atoms with Gasteiger partial charge in [0.25, 0.3) is 5.91 Å². The maximum atomic E-state index is 12.5. The Labute approximate surface area is 151 Å². The molecule has 3 aromatic rings. The zero-order valence-electron chi connectivity index (χ0n) is 14.2. The molecule has 0 bridgehead atoms. The van der Waals surface area contributed by atoms with E-state index in [4.69, 9.17) is 0 Å². The number of amides is 1. The third-order valence-electron chi connectivity index (χ3n) is 3.97. The van der Waals surface area contributed by atoms with E-state index in [1.54, 1.807) is 17.5 Å². The van der Waals surface area contributed by atoms with Crippen molar-refractivity contribution in [3.8, 4) is 0 Å². The van der Waals surface area contributed by atoms with Crippen molar-refractivity contribution in [2.75, 3.05) is 11.9 Å². The lowest BCUT2D eigenvalue weighted by molar-refractivity contribution is 0.0955. The van der Waals surface area contributed by atoms with E-state index >= 15 is 0 Å². The lowest BCUT2D eigenvalue weighted by Gasteiger charge is -2.12. The first-order valence-electron chi connectivity index (χ1n) is 8.28. The molecule has 1 aromatic carbocycles. The summed E-state index contributed by atoms with van der Waals surface area (Å²) in [6, 6.07) is 15.5. The number of benzene rings is 1. The monoisotopic (exact) mass is 351 g/mol. The smallest absolute Gasteiger partial charge is 0.253 e. The van der Waals surface area contributed by atoms with E-state index in [2.05, 4.69) is 34.0 Å². The molecule has 2 heterocycles. The van der Waals surface area contributed by atoms with Crippen molar-refractivity contribution in [2.45, 2.75) is 19.9 Å². The molecule has 0 aliphatic heterocycles. The number of hydrogen-bond donors (Lipinski definition) is 2. The van der Waals surface area contributed by atoms with Gasteiger partial charge in [-0.1, -0.05) is 18.2 Å². The van der Waals surface area contributed by atoms with Crippen molar-refractivity contribution in [2.24, 2.45) is 0 Å². The van der Waals surface area contributed by atoms with Gasteiger partial charge in [-0.05, 0) is 48.2 Å². The summed E-state index contributed by atoms with van der Waals surface area (Å²) in [6.07, 6.45) is 2.49. The quantitative estimate of drug-likeness (QED) is 0.675. The summed E-state index contributed by atoms with van der Waals surface area (Å²) in [5.74, 6) is -0.0677. The number of carbonyl (C=O) groups is 1. The van der Waals surface area contributed by atoms with E-state index in [1.165, 1.54) is 10.4 Å². The predicted octanol–water partition coefficient (Wildman–Crippen LogP) is 4.04. The second kappa shape index (κ2) is 8.44. The summed E-state index contributed by atoms with van der Waals surface area (Å²) in [4.78, 5) is 18.1. The van der Waals surface area contributed by atoms with Crippen LogP contribution in [-0.2, 0) is 13.0 Å². The number of pyridine rings is 1. The highest BCUT2D eigenvalue weighted by Gasteiger charge is 2.11. The van der Waals surface area contributed by atoms with Gasteiger partial charge in [-0.15, -0.1) is 11.3 Å². The molecule has 0 atom stereocenters. The summed E-state index contributed by atoms with van der Waals surface area (Å²) in [5, 5.41) is 8.44. The van der Waals surface area contributed by atoms with Gasteiger partial charge < -0.3 is 10.6 Å². The number of para-hydroxylation sites is 1. The lowest BCUT2D eigenvalue weighted by atomic mass is 10.1. The fourth-order valence-electron chi connectivity index (χ4n) is 2.54. The van der Waals surface area contributed by atoms with Gasteiger partial charge >= 0.3 is 0 Å². The van der Waals surface area contributed by atoms with E-state index in [0.717, 1.165) is 24.3 Å². The third-order valence-corrected chi connectivity index (χ3v) is 5.00. The predicted molar refractivity (Wildman–Crippen MR) is 103 cm³/mol. The Balaban J connectivity index is 1.59. The summed E-state index contributed by atoms with van der Waals surface area (Å²) in [6.45, 7) is 3.39. The van der Waals surface area contributed by atoms with Crippen LogP contribution in [0.25, 0.3) is 0 Å². The van der Waals surface area contributed by atoms with E-state index in [0.29, 0.717) is 12.1 Å². The highest BCUT2D eigenvalue weighted by atomic mass is 32.1. The van der Waals surface area contributed by atoms with Crippen LogP contribution in [0.3, 0.4) is 0 Å². The van der Waals surface area contributed by atoms with Gasteiger partial charge in [0, 0.05) is 42.0 Å². The molecule has 0 unspecified atom stereocenters. The standard InChI is InChI=1S/C20H21N3OS/c1-15-10-13-25-19(15)14-23-18-8-3-2-7-17(18)20(24)22-12-9-16-6-4-5-11-21-16/h2-8,10-11,13,23H,9,12,14H2,1H3,(H,22,24). The molecule has 128 valence electrons. The average molecular weight is 351 g/mol. The second-order valence-electron chi connectivity index (χ2n) is 5.75. The largest absolute Gasteiger partial charge is 0.379 e. The van der Waals surface area contributed by atoms with Crippen LogP contribution in [0.15, 0.2) is 60.1 Å². The molecular weight excluding hydrogens is 330 g/mol. The minimum Gasteiger partial charge on any atom is -0.379 e. The first-order chi connectivity index (χ1) is 12.2. The van der Waals surface area contributed by atoms with Crippen LogP contribution in [0.4, 0.5) is 5.69 Å². The number of nitrogens with zero attached hydrogens (tertiary/aromatic N) is 1. The topological polar surface area (TPSA) is 54.0 Å². The van der Waals surface area contributed by atoms with Crippen LogP contribution >= 0.6 is 11.3 Å². The fourth-order valence-corrected chi connectivity index (χ4v) is 3.39. The first-order valence-corrected chi connectivity index (χ1v) is 9.16. The van der Waals surface area contributed by atoms with Crippen molar-refractivity contribution in [3.63, 3.8) is 0 Å². The molecule has 4 nitrogen and oxygen atoms in total. The Morgan fingerprint density at radius 1 is 1.12 bits per heavy atom. The van der Waals surface area contributed by atoms with Gasteiger partial charge in [0.1, 0.15) is 0 Å². The van der Waals surface area contributed by atoms with Crippen LogP contribution < -0.4 is 10.6 Å². The van der Waals surface area contributed by atoms with Crippen LogP contribution in [0, 0.1) is 6.92 Å². The average Bonchev–Trinajstić information content (AvgIpc) is 3.06. The summed E-state index contributed by atoms with van der Waals surface area (Å²) < 4.78 is 0. The van der Waals surface area contributed by atoms with E-state index in [1.807, 2.05) is 42.5 Å². The van der Waals surface area contributed by atoms with Crippen molar-refractivity contribution < 1.29 is 4.79 Å². The Hall–Kier alpha value is -2.66. The van der Waals surface area contributed by atoms with Crippen molar-refractivity contribution in [1.29, 1.82) is 0 Å². The van der Waals surface area contributed by atoms with Gasteiger partial charge in [-0.25, -0.2) is 0 Å². The van der Waals surface area contributed by atoms with Gasteiger partial charge in [0.2, 0.25) is 0 Å². The van der Waals surface area contributed by atoms with Gasteiger partial charge in [-0.3, -0.25) is 9.78 Å². The molecule has 0 aliphatic rings. The van der Waals surface area contributed by atoms with Crippen molar-refractivity contribution >= 4 is 22.9 Å². The molecule has 2 aromatic heterocycles. The van der Waals surface area contributed by atoms with Crippen LogP contribution in [0.1, 0.15) is 26.5 Å². The molecule has 0 aliphatic carbocycles. The SMILES string of the molecule is Cc1ccsc1CNc1ccccc1C(=O)NCCc1ccccn1. The first kappa shape index (κ1) is 17.2. The van der Waals surface area contributed by atoms with Gasteiger partial charge in [0.05, 0.1) is 5.56 Å². The Morgan fingerprint density at radius 3 is 2.72 bits per heavy atom. The number of anilines is 1. The number of carbonyl (C=O) groups excluding carboxylic acids is 1. The number of aryl methyl sites for hydroxylation is 1. The molecule has 3 rings (SSSR count). The molecule has 0 spiro atoms. The summed E-state index contributed by atoms with van der Waals surface area (Å²) >= 11 is 1.72. The minimum atomic E-state index is -0.0677. The van der Waals surface area contributed by atoms with Crippen molar-refractivity contribution in [1.82, 2.24) is 10.3 Å². The van der Waals surface area contributed by atoms with E-state index < -0.39 is 0 Å². The molecule has 0 radical (unpaired) electrons. The lowest BCUT2D eigenvalue weighted by Crippen LogP contribution is -2.26. The number of nitrogens with one attached hydrogen (secondary N) is 2. The van der Waals surface area contributed by atoms with Crippen LogP contribution in [-0.4, -0.2) is 17.4 Å². The zero-order chi connectivity index (χ0) is 17.5. The highest BCUT2D eigenvalue weighted by molar-refractivity contribution is 7.10. The molecule has 25 heavy (non-hydrogen) atoms. The molecule has 0 saturated carbocycles. The van der Waals surface area contributed by atoms with Crippen LogP contribution in [0.2, 0.25) is 0 Å².